The van der Waals surface area contributed by atoms with Crippen LogP contribution in [0, 0.1) is 0 Å². The second kappa shape index (κ2) is 11.5. The van der Waals surface area contributed by atoms with E-state index < -0.39 is 0 Å². The van der Waals surface area contributed by atoms with E-state index >= 15 is 0 Å². The number of ether oxygens (including phenoxy) is 3. The lowest BCUT2D eigenvalue weighted by atomic mass is 10.2. The summed E-state index contributed by atoms with van der Waals surface area (Å²) in [5.41, 5.74) is 2.73. The Labute approximate surface area is 179 Å². The van der Waals surface area contributed by atoms with Gasteiger partial charge >= 0.3 is 0 Å². The van der Waals surface area contributed by atoms with Gasteiger partial charge in [-0.15, -0.1) is 0 Å². The van der Waals surface area contributed by atoms with Crippen LogP contribution in [-0.4, -0.2) is 25.6 Å². The van der Waals surface area contributed by atoms with Crippen molar-refractivity contribution >= 4 is 22.2 Å². The highest BCUT2D eigenvalue weighted by Crippen LogP contribution is 2.28. The molecule has 3 rings (SSSR count). The maximum absolute atomic E-state index is 11.2. The quantitative estimate of drug-likeness (QED) is 0.361. The van der Waals surface area contributed by atoms with Crippen molar-refractivity contribution in [1.82, 2.24) is 0 Å². The molecule has 0 aliphatic rings. The van der Waals surface area contributed by atoms with Crippen molar-refractivity contribution in [2.45, 2.75) is 19.3 Å². The van der Waals surface area contributed by atoms with Crippen LogP contribution in [0.1, 0.15) is 21.5 Å². The third kappa shape index (κ3) is 6.82. The summed E-state index contributed by atoms with van der Waals surface area (Å²) in [5, 5.41) is 0. The minimum atomic E-state index is -0.319. The normalized spacial score (nSPS) is 10.8. The molecule has 0 bridgehead atoms. The molecule has 0 saturated heterocycles. The lowest BCUT2D eigenvalue weighted by Crippen LogP contribution is -2.29. The molecular weight excluding hydrogens is 432 g/mol. The topological polar surface area (TPSA) is 44.8 Å². The Morgan fingerprint density at radius 2 is 1.31 bits per heavy atom. The third-order valence-corrected chi connectivity index (χ3v) is 5.09. The van der Waals surface area contributed by atoms with Crippen LogP contribution < -0.4 is 4.74 Å². The second-order valence-corrected chi connectivity index (χ2v) is 7.31. The zero-order valence-electron chi connectivity index (χ0n) is 16.0. The first-order chi connectivity index (χ1) is 14.3. The van der Waals surface area contributed by atoms with E-state index in [9.17, 15) is 4.79 Å². The molecule has 150 valence electrons. The minimum Gasteiger partial charge on any atom is -0.484 e. The second-order valence-electron chi connectivity index (χ2n) is 6.52. The molecule has 0 unspecified atom stereocenters. The van der Waals surface area contributed by atoms with Crippen molar-refractivity contribution in [3.05, 3.63) is 100 Å². The highest BCUT2D eigenvalue weighted by Gasteiger charge is 2.15. The van der Waals surface area contributed by atoms with E-state index in [4.69, 9.17) is 14.2 Å². The van der Waals surface area contributed by atoms with Gasteiger partial charge in [0.1, 0.15) is 11.9 Å². The predicted octanol–water partition coefficient (Wildman–Crippen LogP) is 5.44. The molecular formula is C24H23BrO4. The molecule has 0 radical (unpaired) electrons. The number of rotatable bonds is 11. The van der Waals surface area contributed by atoms with E-state index in [0.717, 1.165) is 17.4 Å². The maximum atomic E-state index is 11.2. The van der Waals surface area contributed by atoms with Gasteiger partial charge in [0.2, 0.25) is 0 Å². The van der Waals surface area contributed by atoms with Gasteiger partial charge in [-0.2, -0.15) is 0 Å². The molecule has 3 aromatic carbocycles. The van der Waals surface area contributed by atoms with Gasteiger partial charge in [0, 0.05) is 5.56 Å². The van der Waals surface area contributed by atoms with Gasteiger partial charge in [0.15, 0.2) is 6.29 Å². The summed E-state index contributed by atoms with van der Waals surface area (Å²) in [6.07, 6.45) is 0.477. The van der Waals surface area contributed by atoms with Crippen molar-refractivity contribution in [3.8, 4) is 5.75 Å². The zero-order chi connectivity index (χ0) is 20.3. The van der Waals surface area contributed by atoms with Crippen molar-refractivity contribution in [3.63, 3.8) is 0 Å². The molecule has 0 fully saturated rings. The van der Waals surface area contributed by atoms with Crippen LogP contribution in [0.25, 0.3) is 0 Å². The number of halogens is 1. The first-order valence-corrected chi connectivity index (χ1v) is 10.2. The van der Waals surface area contributed by atoms with Crippen molar-refractivity contribution in [2.24, 2.45) is 0 Å². The standard InChI is InChI=1S/C24H23BrO4/c25-24-21(14-26)12-7-13-23(24)29-22(17-27-15-19-8-3-1-4-9-19)18-28-16-20-10-5-2-6-11-20/h1-14,22H,15-18H2. The average Bonchev–Trinajstić information content (AvgIpc) is 2.76. The van der Waals surface area contributed by atoms with E-state index in [0.29, 0.717) is 42.2 Å². The number of hydrogen-bond donors (Lipinski definition) is 0. The van der Waals surface area contributed by atoms with Crippen molar-refractivity contribution < 1.29 is 19.0 Å². The Balaban J connectivity index is 1.61. The van der Waals surface area contributed by atoms with Gasteiger partial charge in [-0.1, -0.05) is 72.8 Å². The summed E-state index contributed by atoms with van der Waals surface area (Å²) < 4.78 is 18.5. The highest BCUT2D eigenvalue weighted by atomic mass is 79.9. The molecule has 29 heavy (non-hydrogen) atoms. The summed E-state index contributed by atoms with van der Waals surface area (Å²) in [7, 11) is 0. The first-order valence-electron chi connectivity index (χ1n) is 9.40. The van der Waals surface area contributed by atoms with Gasteiger partial charge in [0.05, 0.1) is 30.9 Å². The molecule has 0 atom stereocenters. The lowest BCUT2D eigenvalue weighted by molar-refractivity contribution is -0.0160. The predicted molar refractivity (Wildman–Crippen MR) is 116 cm³/mol. The van der Waals surface area contributed by atoms with Crippen LogP contribution in [0.15, 0.2) is 83.3 Å². The summed E-state index contributed by atoms with van der Waals surface area (Å²) in [6.45, 7) is 1.72. The minimum absolute atomic E-state index is 0.319. The van der Waals surface area contributed by atoms with Crippen LogP contribution >= 0.6 is 15.9 Å². The van der Waals surface area contributed by atoms with Gasteiger partial charge in [-0.25, -0.2) is 0 Å². The van der Waals surface area contributed by atoms with E-state index in [1.54, 1.807) is 12.1 Å². The van der Waals surface area contributed by atoms with Gasteiger partial charge < -0.3 is 14.2 Å². The molecule has 4 nitrogen and oxygen atoms in total. The summed E-state index contributed by atoms with van der Waals surface area (Å²) in [5.74, 6) is 0.589. The van der Waals surface area contributed by atoms with Crippen LogP contribution in [0.2, 0.25) is 0 Å². The third-order valence-electron chi connectivity index (χ3n) is 4.24. The largest absolute Gasteiger partial charge is 0.484 e. The Hall–Kier alpha value is -2.47. The number of carbonyl (C=O) groups is 1. The SMILES string of the molecule is O=Cc1cccc(OC(COCc2ccccc2)COCc2ccccc2)c1Br. The monoisotopic (exact) mass is 454 g/mol. The Kier molecular flexibility index (Phi) is 8.43. The van der Waals surface area contributed by atoms with Gasteiger partial charge in [-0.3, -0.25) is 4.79 Å². The molecule has 0 amide bonds. The number of aldehydes is 1. The van der Waals surface area contributed by atoms with Crippen LogP contribution in [0.3, 0.4) is 0 Å². The Morgan fingerprint density at radius 3 is 1.83 bits per heavy atom. The molecule has 0 saturated carbocycles. The summed E-state index contributed by atoms with van der Waals surface area (Å²) >= 11 is 3.44. The summed E-state index contributed by atoms with van der Waals surface area (Å²) in [6, 6.07) is 25.3. The van der Waals surface area contributed by atoms with Gasteiger partial charge in [-0.05, 0) is 33.1 Å². The number of hydrogen-bond acceptors (Lipinski definition) is 4. The molecule has 0 aliphatic carbocycles. The van der Waals surface area contributed by atoms with Crippen LogP contribution in [-0.2, 0) is 22.7 Å². The fraction of sp³-hybridized carbons (Fsp3) is 0.208. The fourth-order valence-corrected chi connectivity index (χ4v) is 3.22. The molecule has 0 spiro atoms. The van der Waals surface area contributed by atoms with Gasteiger partial charge in [0.25, 0.3) is 0 Å². The number of benzene rings is 3. The highest BCUT2D eigenvalue weighted by molar-refractivity contribution is 9.10. The maximum Gasteiger partial charge on any atom is 0.151 e. The fourth-order valence-electron chi connectivity index (χ4n) is 2.77. The van der Waals surface area contributed by atoms with E-state index in [2.05, 4.69) is 15.9 Å². The average molecular weight is 455 g/mol. The van der Waals surface area contributed by atoms with Crippen LogP contribution in [0.4, 0.5) is 0 Å². The van der Waals surface area contributed by atoms with Crippen molar-refractivity contribution in [2.75, 3.05) is 13.2 Å². The number of carbonyl (C=O) groups excluding carboxylic acids is 1. The van der Waals surface area contributed by atoms with E-state index in [-0.39, 0.29) is 6.10 Å². The van der Waals surface area contributed by atoms with Crippen molar-refractivity contribution in [1.29, 1.82) is 0 Å². The first kappa shape index (κ1) is 21.2. The molecule has 3 aromatic rings. The molecule has 0 aromatic heterocycles. The Bertz CT molecular complexity index is 838. The van der Waals surface area contributed by atoms with E-state index in [1.807, 2.05) is 66.7 Å². The molecule has 0 N–H and O–H groups in total. The van der Waals surface area contributed by atoms with Crippen LogP contribution in [0.5, 0.6) is 5.75 Å². The molecule has 0 aliphatic heterocycles. The Morgan fingerprint density at radius 1 is 0.759 bits per heavy atom. The molecule has 0 heterocycles. The smallest absolute Gasteiger partial charge is 0.151 e. The van der Waals surface area contributed by atoms with E-state index in [1.165, 1.54) is 0 Å². The lowest BCUT2D eigenvalue weighted by Gasteiger charge is -2.21. The summed E-state index contributed by atoms with van der Waals surface area (Å²) in [4.78, 5) is 11.2. The zero-order valence-corrected chi connectivity index (χ0v) is 17.6. The molecule has 5 heteroatoms.